The van der Waals surface area contributed by atoms with Gasteiger partial charge in [-0.25, -0.2) is 0 Å². The highest BCUT2D eigenvalue weighted by molar-refractivity contribution is 5.90. The van der Waals surface area contributed by atoms with Gasteiger partial charge in [-0.2, -0.15) is 0 Å². The lowest BCUT2D eigenvalue weighted by molar-refractivity contribution is -0.117. The van der Waals surface area contributed by atoms with Gasteiger partial charge in [-0.15, -0.1) is 0 Å². The summed E-state index contributed by atoms with van der Waals surface area (Å²) in [7, 11) is 0. The van der Waals surface area contributed by atoms with Crippen LogP contribution in [0.25, 0.3) is 0 Å². The number of hydrogen-bond acceptors (Lipinski definition) is 2. The molecule has 1 heterocycles. The van der Waals surface area contributed by atoms with E-state index >= 15 is 0 Å². The summed E-state index contributed by atoms with van der Waals surface area (Å²) in [6, 6.07) is 0. The van der Waals surface area contributed by atoms with Crippen molar-refractivity contribution in [2.75, 3.05) is 19.6 Å². The Bertz CT molecular complexity index is 263. The fourth-order valence-corrected chi connectivity index (χ4v) is 2.19. The molecule has 2 aliphatic rings. The molecule has 1 aliphatic heterocycles. The molecule has 0 aromatic rings. The topological polar surface area (TPSA) is 20.3 Å². The first-order chi connectivity index (χ1) is 6.58. The second-order valence-electron chi connectivity index (χ2n) is 5.18. The van der Waals surface area contributed by atoms with Gasteiger partial charge in [0.05, 0.1) is 0 Å². The van der Waals surface area contributed by atoms with Crippen molar-refractivity contribution in [2.45, 2.75) is 26.7 Å². The Morgan fingerprint density at radius 3 is 2.79 bits per heavy atom. The number of rotatable bonds is 2. The SMILES string of the molecule is CC1(C)C=CC(=O)CC1CN1CCC1. The fourth-order valence-electron chi connectivity index (χ4n) is 2.19. The van der Waals surface area contributed by atoms with Crippen LogP contribution in [0.3, 0.4) is 0 Å². The van der Waals surface area contributed by atoms with E-state index < -0.39 is 0 Å². The van der Waals surface area contributed by atoms with Crippen LogP contribution in [0.15, 0.2) is 12.2 Å². The summed E-state index contributed by atoms with van der Waals surface area (Å²) in [6.07, 6.45) is 5.91. The molecular formula is C12H19NO. The Morgan fingerprint density at radius 1 is 1.50 bits per heavy atom. The standard InChI is InChI=1S/C12H19NO/c1-12(2)5-4-11(14)8-10(12)9-13-6-3-7-13/h4-5,10H,3,6-9H2,1-2H3. The number of hydrogen-bond donors (Lipinski definition) is 0. The number of nitrogens with zero attached hydrogens (tertiary/aromatic N) is 1. The monoisotopic (exact) mass is 193 g/mol. The Morgan fingerprint density at radius 2 is 2.21 bits per heavy atom. The molecule has 0 N–H and O–H groups in total. The van der Waals surface area contributed by atoms with Gasteiger partial charge >= 0.3 is 0 Å². The molecule has 1 aliphatic carbocycles. The quantitative estimate of drug-likeness (QED) is 0.667. The summed E-state index contributed by atoms with van der Waals surface area (Å²) in [5.41, 5.74) is 0.198. The van der Waals surface area contributed by atoms with Gasteiger partial charge in [-0.1, -0.05) is 19.9 Å². The smallest absolute Gasteiger partial charge is 0.155 e. The number of allylic oxidation sites excluding steroid dienone is 2. The zero-order valence-corrected chi connectivity index (χ0v) is 9.12. The number of likely N-dealkylation sites (tertiary alicyclic amines) is 1. The van der Waals surface area contributed by atoms with E-state index in [9.17, 15) is 4.79 Å². The van der Waals surface area contributed by atoms with Crippen LogP contribution in [0.5, 0.6) is 0 Å². The van der Waals surface area contributed by atoms with Crippen LogP contribution in [0.2, 0.25) is 0 Å². The van der Waals surface area contributed by atoms with E-state index in [1.165, 1.54) is 19.5 Å². The minimum atomic E-state index is 0.198. The molecule has 0 aromatic carbocycles. The van der Waals surface area contributed by atoms with Crippen molar-refractivity contribution in [3.8, 4) is 0 Å². The molecule has 0 amide bonds. The van der Waals surface area contributed by atoms with Crippen LogP contribution >= 0.6 is 0 Å². The molecule has 1 atom stereocenters. The van der Waals surface area contributed by atoms with Gasteiger partial charge < -0.3 is 4.90 Å². The zero-order chi connectivity index (χ0) is 10.2. The van der Waals surface area contributed by atoms with Crippen molar-refractivity contribution in [1.82, 2.24) is 4.90 Å². The first-order valence-corrected chi connectivity index (χ1v) is 5.52. The van der Waals surface area contributed by atoms with E-state index in [1.807, 2.05) is 0 Å². The first-order valence-electron chi connectivity index (χ1n) is 5.52. The summed E-state index contributed by atoms with van der Waals surface area (Å²) in [5, 5.41) is 0. The minimum absolute atomic E-state index is 0.198. The largest absolute Gasteiger partial charge is 0.303 e. The normalized spacial score (nSPS) is 31.6. The summed E-state index contributed by atoms with van der Waals surface area (Å²) in [6.45, 7) is 8.03. The van der Waals surface area contributed by atoms with Crippen molar-refractivity contribution >= 4 is 5.78 Å². The Kier molecular flexibility index (Phi) is 2.48. The van der Waals surface area contributed by atoms with Gasteiger partial charge in [0.15, 0.2) is 5.78 Å². The molecule has 0 saturated carbocycles. The van der Waals surface area contributed by atoms with Gasteiger partial charge in [0.2, 0.25) is 0 Å². The molecule has 1 saturated heterocycles. The van der Waals surface area contributed by atoms with Crippen LogP contribution in [0, 0.1) is 11.3 Å². The zero-order valence-electron chi connectivity index (χ0n) is 9.12. The van der Waals surface area contributed by atoms with E-state index in [0.29, 0.717) is 11.7 Å². The van der Waals surface area contributed by atoms with Gasteiger partial charge in [-0.05, 0) is 36.9 Å². The molecule has 0 spiro atoms. The Balaban J connectivity index is 2.01. The van der Waals surface area contributed by atoms with E-state index in [4.69, 9.17) is 0 Å². The maximum atomic E-state index is 11.3. The fraction of sp³-hybridized carbons (Fsp3) is 0.750. The molecule has 0 aromatic heterocycles. The van der Waals surface area contributed by atoms with E-state index in [-0.39, 0.29) is 5.41 Å². The molecule has 2 rings (SSSR count). The maximum absolute atomic E-state index is 11.3. The highest BCUT2D eigenvalue weighted by Crippen LogP contribution is 2.35. The third kappa shape index (κ3) is 1.90. The maximum Gasteiger partial charge on any atom is 0.155 e. The summed E-state index contributed by atoms with van der Waals surface area (Å²) in [4.78, 5) is 13.8. The van der Waals surface area contributed by atoms with Gasteiger partial charge in [-0.3, -0.25) is 4.79 Å². The molecule has 0 bridgehead atoms. The van der Waals surface area contributed by atoms with Crippen LogP contribution < -0.4 is 0 Å². The predicted molar refractivity (Wildman–Crippen MR) is 57.1 cm³/mol. The molecular weight excluding hydrogens is 174 g/mol. The average Bonchev–Trinajstić information content (AvgIpc) is 2.03. The molecule has 14 heavy (non-hydrogen) atoms. The number of ketones is 1. The third-order valence-electron chi connectivity index (χ3n) is 3.63. The number of carbonyl (C=O) groups excluding carboxylic acids is 1. The molecule has 2 nitrogen and oxygen atoms in total. The van der Waals surface area contributed by atoms with Crippen molar-refractivity contribution in [3.63, 3.8) is 0 Å². The van der Waals surface area contributed by atoms with Crippen molar-refractivity contribution in [2.24, 2.45) is 11.3 Å². The molecule has 78 valence electrons. The van der Waals surface area contributed by atoms with Gasteiger partial charge in [0.1, 0.15) is 0 Å². The second-order valence-corrected chi connectivity index (χ2v) is 5.18. The van der Waals surface area contributed by atoms with Crippen molar-refractivity contribution in [1.29, 1.82) is 0 Å². The van der Waals surface area contributed by atoms with Crippen LogP contribution in [-0.4, -0.2) is 30.3 Å². The third-order valence-corrected chi connectivity index (χ3v) is 3.63. The summed E-state index contributed by atoms with van der Waals surface area (Å²) in [5.74, 6) is 0.815. The summed E-state index contributed by atoms with van der Waals surface area (Å²) < 4.78 is 0. The lowest BCUT2D eigenvalue weighted by Gasteiger charge is -2.40. The second kappa shape index (κ2) is 3.50. The summed E-state index contributed by atoms with van der Waals surface area (Å²) >= 11 is 0. The number of carbonyl (C=O) groups is 1. The van der Waals surface area contributed by atoms with Crippen molar-refractivity contribution in [3.05, 3.63) is 12.2 Å². The van der Waals surface area contributed by atoms with Gasteiger partial charge in [0.25, 0.3) is 0 Å². The molecule has 0 radical (unpaired) electrons. The average molecular weight is 193 g/mol. The highest BCUT2D eigenvalue weighted by Gasteiger charge is 2.33. The van der Waals surface area contributed by atoms with E-state index in [0.717, 1.165) is 13.0 Å². The van der Waals surface area contributed by atoms with Crippen LogP contribution in [0.1, 0.15) is 26.7 Å². The predicted octanol–water partition coefficient (Wildman–Crippen LogP) is 1.86. The van der Waals surface area contributed by atoms with E-state index in [1.54, 1.807) is 6.08 Å². The van der Waals surface area contributed by atoms with Crippen molar-refractivity contribution < 1.29 is 4.79 Å². The lowest BCUT2D eigenvalue weighted by Crippen LogP contribution is -2.44. The Labute approximate surface area is 86.0 Å². The minimum Gasteiger partial charge on any atom is -0.303 e. The van der Waals surface area contributed by atoms with Crippen LogP contribution in [0.4, 0.5) is 0 Å². The highest BCUT2D eigenvalue weighted by atomic mass is 16.1. The molecule has 2 heteroatoms. The lowest BCUT2D eigenvalue weighted by atomic mass is 9.72. The van der Waals surface area contributed by atoms with E-state index in [2.05, 4.69) is 24.8 Å². The molecule has 1 unspecified atom stereocenters. The first kappa shape index (κ1) is 9.91. The molecule has 1 fully saturated rings. The van der Waals surface area contributed by atoms with Crippen LogP contribution in [-0.2, 0) is 4.79 Å². The Hall–Kier alpha value is -0.630. The van der Waals surface area contributed by atoms with Gasteiger partial charge in [0, 0.05) is 13.0 Å².